The van der Waals surface area contributed by atoms with Gasteiger partial charge in [-0.3, -0.25) is 14.3 Å². The second kappa shape index (κ2) is 8.11. The van der Waals surface area contributed by atoms with Gasteiger partial charge in [0, 0.05) is 24.5 Å². The number of aryl methyl sites for hydroxylation is 2. The van der Waals surface area contributed by atoms with Crippen molar-refractivity contribution in [3.8, 4) is 5.75 Å². The standard InChI is InChI=1S/C20H19N3O3/c1-23-14-15(13-21-23)7-12-19(24)26-18-10-8-17(9-11-18)22-20(25)16-5-3-2-4-6-16/h2-6,8-11,13-14H,7,12H2,1H3,(H,22,25). The molecule has 0 unspecified atom stereocenters. The van der Waals surface area contributed by atoms with Gasteiger partial charge in [0.15, 0.2) is 0 Å². The van der Waals surface area contributed by atoms with Crippen LogP contribution in [0.4, 0.5) is 5.69 Å². The number of carbonyl (C=O) groups excluding carboxylic acids is 2. The fraction of sp³-hybridized carbons (Fsp3) is 0.150. The van der Waals surface area contributed by atoms with E-state index < -0.39 is 0 Å². The number of rotatable bonds is 6. The van der Waals surface area contributed by atoms with Gasteiger partial charge in [0.05, 0.1) is 12.6 Å². The number of amides is 1. The van der Waals surface area contributed by atoms with Crippen LogP contribution < -0.4 is 10.1 Å². The number of esters is 1. The number of benzene rings is 2. The van der Waals surface area contributed by atoms with Gasteiger partial charge in [-0.25, -0.2) is 0 Å². The van der Waals surface area contributed by atoms with Gasteiger partial charge in [0.25, 0.3) is 5.91 Å². The van der Waals surface area contributed by atoms with Gasteiger partial charge < -0.3 is 10.1 Å². The zero-order chi connectivity index (χ0) is 18.4. The molecule has 0 aliphatic carbocycles. The molecular weight excluding hydrogens is 330 g/mol. The summed E-state index contributed by atoms with van der Waals surface area (Å²) in [6.07, 6.45) is 4.46. The number of ether oxygens (including phenoxy) is 1. The van der Waals surface area contributed by atoms with Crippen molar-refractivity contribution in [1.82, 2.24) is 9.78 Å². The van der Waals surface area contributed by atoms with Crippen molar-refractivity contribution in [2.45, 2.75) is 12.8 Å². The number of nitrogens with zero attached hydrogens (tertiary/aromatic N) is 2. The normalized spacial score (nSPS) is 10.3. The van der Waals surface area contributed by atoms with Gasteiger partial charge >= 0.3 is 5.97 Å². The topological polar surface area (TPSA) is 73.2 Å². The van der Waals surface area contributed by atoms with Crippen molar-refractivity contribution in [3.05, 3.63) is 78.1 Å². The predicted molar refractivity (Wildman–Crippen MR) is 98.0 cm³/mol. The highest BCUT2D eigenvalue weighted by Crippen LogP contribution is 2.17. The van der Waals surface area contributed by atoms with E-state index in [2.05, 4.69) is 10.4 Å². The summed E-state index contributed by atoms with van der Waals surface area (Å²) in [4.78, 5) is 24.0. The van der Waals surface area contributed by atoms with E-state index in [0.29, 0.717) is 23.4 Å². The van der Waals surface area contributed by atoms with Crippen LogP contribution in [0, 0.1) is 0 Å². The minimum Gasteiger partial charge on any atom is -0.427 e. The summed E-state index contributed by atoms with van der Waals surface area (Å²) < 4.78 is 7.01. The van der Waals surface area contributed by atoms with E-state index in [1.165, 1.54) is 0 Å². The van der Waals surface area contributed by atoms with Gasteiger partial charge in [-0.1, -0.05) is 18.2 Å². The lowest BCUT2D eigenvalue weighted by Crippen LogP contribution is -2.12. The Balaban J connectivity index is 1.51. The molecule has 0 saturated heterocycles. The average Bonchev–Trinajstić information content (AvgIpc) is 3.08. The van der Waals surface area contributed by atoms with Crippen LogP contribution in [0.1, 0.15) is 22.3 Å². The van der Waals surface area contributed by atoms with E-state index in [9.17, 15) is 9.59 Å². The van der Waals surface area contributed by atoms with E-state index in [0.717, 1.165) is 5.56 Å². The van der Waals surface area contributed by atoms with Gasteiger partial charge in [0.1, 0.15) is 5.75 Å². The van der Waals surface area contributed by atoms with Crippen LogP contribution in [0.15, 0.2) is 67.0 Å². The predicted octanol–water partition coefficient (Wildman–Crippen LogP) is 3.21. The molecule has 1 aromatic heterocycles. The zero-order valence-electron chi connectivity index (χ0n) is 14.4. The smallest absolute Gasteiger partial charge is 0.311 e. The molecule has 0 fully saturated rings. The average molecular weight is 349 g/mol. The van der Waals surface area contributed by atoms with E-state index >= 15 is 0 Å². The molecule has 3 rings (SSSR count). The Morgan fingerprint density at radius 2 is 1.81 bits per heavy atom. The van der Waals surface area contributed by atoms with E-state index in [4.69, 9.17) is 4.74 Å². The van der Waals surface area contributed by atoms with Crippen molar-refractivity contribution >= 4 is 17.6 Å². The third kappa shape index (κ3) is 4.80. The molecule has 26 heavy (non-hydrogen) atoms. The molecule has 6 nitrogen and oxygen atoms in total. The van der Waals surface area contributed by atoms with E-state index in [1.807, 2.05) is 31.4 Å². The van der Waals surface area contributed by atoms with Crippen LogP contribution >= 0.6 is 0 Å². The first-order valence-corrected chi connectivity index (χ1v) is 8.25. The van der Waals surface area contributed by atoms with Crippen LogP contribution in [0.2, 0.25) is 0 Å². The third-order valence-electron chi connectivity index (χ3n) is 3.76. The quantitative estimate of drug-likeness (QED) is 0.548. The van der Waals surface area contributed by atoms with Crippen LogP contribution in [0.25, 0.3) is 0 Å². The molecule has 0 spiro atoms. The third-order valence-corrected chi connectivity index (χ3v) is 3.76. The van der Waals surface area contributed by atoms with Crippen molar-refractivity contribution in [2.24, 2.45) is 7.05 Å². The minimum absolute atomic E-state index is 0.188. The molecule has 1 heterocycles. The monoisotopic (exact) mass is 349 g/mol. The summed E-state index contributed by atoms with van der Waals surface area (Å²) in [5.74, 6) is -0.0550. The Bertz CT molecular complexity index is 886. The second-order valence-corrected chi connectivity index (χ2v) is 5.84. The number of carbonyl (C=O) groups is 2. The molecule has 0 bridgehead atoms. The fourth-order valence-electron chi connectivity index (χ4n) is 2.43. The van der Waals surface area contributed by atoms with Crippen molar-refractivity contribution in [2.75, 3.05) is 5.32 Å². The van der Waals surface area contributed by atoms with E-state index in [1.54, 1.807) is 47.3 Å². The summed E-state index contributed by atoms with van der Waals surface area (Å²) in [5, 5.41) is 6.86. The highest BCUT2D eigenvalue weighted by atomic mass is 16.5. The molecule has 6 heteroatoms. The van der Waals surface area contributed by atoms with E-state index in [-0.39, 0.29) is 18.3 Å². The fourth-order valence-corrected chi connectivity index (χ4v) is 2.43. The van der Waals surface area contributed by atoms with Crippen LogP contribution in [0.3, 0.4) is 0 Å². The summed E-state index contributed by atoms with van der Waals surface area (Å²) >= 11 is 0. The maximum absolute atomic E-state index is 12.1. The lowest BCUT2D eigenvalue weighted by Gasteiger charge is -2.07. The minimum atomic E-state index is -0.310. The summed E-state index contributed by atoms with van der Waals surface area (Å²) in [5.41, 5.74) is 2.20. The lowest BCUT2D eigenvalue weighted by atomic mass is 10.2. The molecule has 0 aliphatic rings. The Labute approximate surface area is 151 Å². The molecule has 0 atom stereocenters. The number of anilines is 1. The van der Waals surface area contributed by atoms with Crippen molar-refractivity contribution in [1.29, 1.82) is 0 Å². The van der Waals surface area contributed by atoms with Gasteiger partial charge in [0.2, 0.25) is 0 Å². The molecule has 2 aromatic carbocycles. The Kier molecular flexibility index (Phi) is 5.43. The van der Waals surface area contributed by atoms with Crippen LogP contribution in [-0.2, 0) is 18.3 Å². The van der Waals surface area contributed by atoms with Crippen LogP contribution in [0.5, 0.6) is 5.75 Å². The number of aromatic nitrogens is 2. The Morgan fingerprint density at radius 3 is 2.46 bits per heavy atom. The molecule has 1 N–H and O–H groups in total. The highest BCUT2D eigenvalue weighted by Gasteiger charge is 2.08. The van der Waals surface area contributed by atoms with Crippen LogP contribution in [-0.4, -0.2) is 21.7 Å². The SMILES string of the molecule is Cn1cc(CCC(=O)Oc2ccc(NC(=O)c3ccccc3)cc2)cn1. The highest BCUT2D eigenvalue weighted by molar-refractivity contribution is 6.04. The van der Waals surface area contributed by atoms with Gasteiger partial charge in [-0.15, -0.1) is 0 Å². The molecule has 3 aromatic rings. The number of hydrogen-bond acceptors (Lipinski definition) is 4. The first kappa shape index (κ1) is 17.4. The molecule has 132 valence electrons. The number of hydrogen-bond donors (Lipinski definition) is 1. The lowest BCUT2D eigenvalue weighted by molar-refractivity contribution is -0.134. The molecule has 0 radical (unpaired) electrons. The molecule has 0 saturated carbocycles. The molecular formula is C20H19N3O3. The first-order valence-electron chi connectivity index (χ1n) is 8.25. The zero-order valence-corrected chi connectivity index (χ0v) is 14.4. The maximum atomic E-state index is 12.1. The maximum Gasteiger partial charge on any atom is 0.311 e. The molecule has 0 aliphatic heterocycles. The molecule has 1 amide bonds. The Morgan fingerprint density at radius 1 is 1.08 bits per heavy atom. The van der Waals surface area contributed by atoms with Gasteiger partial charge in [-0.2, -0.15) is 5.10 Å². The Hall–Kier alpha value is -3.41. The first-order chi connectivity index (χ1) is 12.6. The number of nitrogens with one attached hydrogen (secondary N) is 1. The van der Waals surface area contributed by atoms with Crippen molar-refractivity contribution in [3.63, 3.8) is 0 Å². The van der Waals surface area contributed by atoms with Crippen molar-refractivity contribution < 1.29 is 14.3 Å². The largest absolute Gasteiger partial charge is 0.427 e. The van der Waals surface area contributed by atoms with Gasteiger partial charge in [-0.05, 0) is 48.4 Å². The summed E-state index contributed by atoms with van der Waals surface area (Å²) in [6, 6.07) is 15.7. The summed E-state index contributed by atoms with van der Waals surface area (Å²) in [6.45, 7) is 0. The second-order valence-electron chi connectivity index (χ2n) is 5.84. The summed E-state index contributed by atoms with van der Waals surface area (Å²) in [7, 11) is 1.83.